The van der Waals surface area contributed by atoms with Gasteiger partial charge in [-0.2, -0.15) is 0 Å². The number of ether oxygens (including phenoxy) is 1. The Morgan fingerprint density at radius 3 is 2.26 bits per heavy atom. The minimum Gasteiger partial charge on any atom is -0.497 e. The van der Waals surface area contributed by atoms with E-state index in [-0.39, 0.29) is 21.1 Å². The first kappa shape index (κ1) is 19.1. The van der Waals surface area contributed by atoms with Crippen molar-refractivity contribution in [3.63, 3.8) is 0 Å². The van der Waals surface area contributed by atoms with Crippen molar-refractivity contribution < 1.29 is 13.2 Å². The van der Waals surface area contributed by atoms with Crippen molar-refractivity contribution in [3.8, 4) is 11.4 Å². The second kappa shape index (κ2) is 7.10. The summed E-state index contributed by atoms with van der Waals surface area (Å²) in [5.74, 6) is 0.655. The number of benzene rings is 3. The Bertz CT molecular complexity index is 1540. The molecule has 7 nitrogen and oxygen atoms in total. The molecule has 2 heterocycles. The van der Waals surface area contributed by atoms with Crippen LogP contribution in [-0.2, 0) is 9.84 Å². The SMILES string of the molecule is COc1cccc(-n2c(N)c(S(=O)(=O)c3ccccc3)c3nc4ccccc4nc32)c1. The van der Waals surface area contributed by atoms with Gasteiger partial charge in [-0.05, 0) is 36.4 Å². The molecule has 0 aliphatic rings. The maximum atomic E-state index is 13.6. The molecule has 8 heteroatoms. The summed E-state index contributed by atoms with van der Waals surface area (Å²) in [5.41, 5.74) is 8.92. The van der Waals surface area contributed by atoms with Crippen LogP contribution in [0.15, 0.2) is 88.7 Å². The molecule has 0 unspecified atom stereocenters. The third-order valence-electron chi connectivity index (χ3n) is 5.09. The number of nitrogens with two attached hydrogens (primary N) is 1. The van der Waals surface area contributed by atoms with Gasteiger partial charge < -0.3 is 10.5 Å². The first-order chi connectivity index (χ1) is 15.0. The zero-order valence-corrected chi connectivity index (χ0v) is 17.4. The predicted molar refractivity (Wildman–Crippen MR) is 119 cm³/mol. The number of para-hydroxylation sites is 2. The molecule has 0 aliphatic carbocycles. The molecule has 0 fully saturated rings. The van der Waals surface area contributed by atoms with Crippen molar-refractivity contribution in [1.82, 2.24) is 14.5 Å². The highest BCUT2D eigenvalue weighted by atomic mass is 32.2. The third-order valence-corrected chi connectivity index (χ3v) is 6.92. The molecule has 0 spiro atoms. The van der Waals surface area contributed by atoms with Gasteiger partial charge in [-0.1, -0.05) is 36.4 Å². The van der Waals surface area contributed by atoms with E-state index in [0.717, 1.165) is 0 Å². The van der Waals surface area contributed by atoms with Gasteiger partial charge >= 0.3 is 0 Å². The Labute approximate surface area is 178 Å². The van der Waals surface area contributed by atoms with Gasteiger partial charge in [-0.3, -0.25) is 4.57 Å². The summed E-state index contributed by atoms with van der Waals surface area (Å²) >= 11 is 0. The highest BCUT2D eigenvalue weighted by molar-refractivity contribution is 7.92. The van der Waals surface area contributed by atoms with Gasteiger partial charge in [0, 0.05) is 6.07 Å². The lowest BCUT2D eigenvalue weighted by Gasteiger charge is -2.10. The highest BCUT2D eigenvalue weighted by Crippen LogP contribution is 2.37. The topological polar surface area (TPSA) is 100 Å². The van der Waals surface area contributed by atoms with Crippen LogP contribution in [0.1, 0.15) is 0 Å². The summed E-state index contributed by atoms with van der Waals surface area (Å²) in [6, 6.07) is 22.7. The zero-order chi connectivity index (χ0) is 21.6. The summed E-state index contributed by atoms with van der Waals surface area (Å²) in [5, 5.41) is 0. The van der Waals surface area contributed by atoms with Crippen LogP contribution in [0.3, 0.4) is 0 Å². The Morgan fingerprint density at radius 2 is 1.55 bits per heavy atom. The van der Waals surface area contributed by atoms with E-state index in [2.05, 4.69) is 4.98 Å². The molecule has 3 aromatic carbocycles. The molecule has 0 bridgehead atoms. The van der Waals surface area contributed by atoms with Crippen molar-refractivity contribution >= 4 is 37.9 Å². The minimum absolute atomic E-state index is 0.0439. The fourth-order valence-electron chi connectivity index (χ4n) is 3.63. The first-order valence-corrected chi connectivity index (χ1v) is 11.0. The van der Waals surface area contributed by atoms with Crippen LogP contribution in [0.5, 0.6) is 5.75 Å². The molecule has 31 heavy (non-hydrogen) atoms. The van der Waals surface area contributed by atoms with Gasteiger partial charge in [0.2, 0.25) is 9.84 Å². The maximum Gasteiger partial charge on any atom is 0.212 e. The van der Waals surface area contributed by atoms with Gasteiger partial charge in [0.15, 0.2) is 5.65 Å². The van der Waals surface area contributed by atoms with E-state index in [9.17, 15) is 8.42 Å². The maximum absolute atomic E-state index is 13.6. The van der Waals surface area contributed by atoms with Gasteiger partial charge in [0.25, 0.3) is 0 Å². The molecule has 5 rings (SSSR count). The summed E-state index contributed by atoms with van der Waals surface area (Å²) in [6.07, 6.45) is 0. The van der Waals surface area contributed by atoms with Crippen LogP contribution in [0, 0.1) is 0 Å². The second-order valence-electron chi connectivity index (χ2n) is 6.95. The standard InChI is InChI=1S/C23H18N4O3S/c1-30-16-9-7-8-15(14-16)27-22(24)21(31(28,29)17-10-3-2-4-11-17)20-23(27)26-19-13-6-5-12-18(19)25-20/h2-14H,24H2,1H3. The van der Waals surface area contributed by atoms with Crippen LogP contribution in [-0.4, -0.2) is 30.1 Å². The molecule has 5 aromatic rings. The van der Waals surface area contributed by atoms with Crippen LogP contribution >= 0.6 is 0 Å². The molecule has 0 saturated carbocycles. The quantitative estimate of drug-likeness (QED) is 0.463. The molecular formula is C23H18N4O3S. The number of nitrogen functional groups attached to an aromatic ring is 1. The lowest BCUT2D eigenvalue weighted by Crippen LogP contribution is -2.07. The van der Waals surface area contributed by atoms with Gasteiger partial charge in [0.1, 0.15) is 22.0 Å². The number of fused-ring (bicyclic) bond motifs is 2. The third kappa shape index (κ3) is 3.00. The summed E-state index contributed by atoms with van der Waals surface area (Å²) in [7, 11) is -2.38. The molecule has 0 atom stereocenters. The van der Waals surface area contributed by atoms with E-state index in [0.29, 0.717) is 28.1 Å². The Kier molecular flexibility index (Phi) is 4.37. The number of sulfone groups is 1. The predicted octanol–water partition coefficient (Wildman–Crippen LogP) is 4.00. The van der Waals surface area contributed by atoms with E-state index in [1.807, 2.05) is 24.3 Å². The number of hydrogen-bond acceptors (Lipinski definition) is 6. The Morgan fingerprint density at radius 1 is 0.871 bits per heavy atom. The van der Waals surface area contributed by atoms with Crippen molar-refractivity contribution in [2.24, 2.45) is 0 Å². The van der Waals surface area contributed by atoms with E-state index in [4.69, 9.17) is 15.5 Å². The Hall–Kier alpha value is -3.91. The van der Waals surface area contributed by atoms with Crippen molar-refractivity contribution in [2.75, 3.05) is 12.8 Å². The largest absolute Gasteiger partial charge is 0.497 e. The second-order valence-corrected chi connectivity index (χ2v) is 8.84. The van der Waals surface area contributed by atoms with Gasteiger partial charge in [-0.15, -0.1) is 0 Å². The number of rotatable bonds is 4. The fraction of sp³-hybridized carbons (Fsp3) is 0.0435. The molecule has 154 valence electrons. The summed E-state index contributed by atoms with van der Waals surface area (Å²) in [4.78, 5) is 9.44. The zero-order valence-electron chi connectivity index (χ0n) is 16.6. The average molecular weight is 430 g/mol. The molecule has 0 saturated heterocycles. The number of anilines is 1. The van der Waals surface area contributed by atoms with E-state index in [1.54, 1.807) is 54.1 Å². The molecule has 0 radical (unpaired) electrons. The summed E-state index contributed by atoms with van der Waals surface area (Å²) in [6.45, 7) is 0. The van der Waals surface area contributed by atoms with Crippen LogP contribution in [0.2, 0.25) is 0 Å². The molecular weight excluding hydrogens is 412 g/mol. The summed E-state index contributed by atoms with van der Waals surface area (Å²) < 4.78 is 34.1. The normalized spacial score (nSPS) is 11.8. The smallest absolute Gasteiger partial charge is 0.212 e. The minimum atomic E-state index is -3.95. The number of hydrogen-bond donors (Lipinski definition) is 1. The van der Waals surface area contributed by atoms with E-state index >= 15 is 0 Å². The first-order valence-electron chi connectivity index (χ1n) is 9.52. The van der Waals surface area contributed by atoms with Crippen LogP contribution in [0.4, 0.5) is 5.82 Å². The van der Waals surface area contributed by atoms with Crippen LogP contribution < -0.4 is 10.5 Å². The highest BCUT2D eigenvalue weighted by Gasteiger charge is 2.30. The Balaban J connectivity index is 1.92. The fourth-order valence-corrected chi connectivity index (χ4v) is 5.14. The van der Waals surface area contributed by atoms with Crippen molar-refractivity contribution in [1.29, 1.82) is 0 Å². The van der Waals surface area contributed by atoms with Crippen molar-refractivity contribution in [3.05, 3.63) is 78.9 Å². The number of methoxy groups -OCH3 is 1. The number of aromatic nitrogens is 3. The number of nitrogens with zero attached hydrogens (tertiary/aromatic N) is 3. The molecule has 0 aliphatic heterocycles. The molecule has 2 aromatic heterocycles. The van der Waals surface area contributed by atoms with E-state index in [1.165, 1.54) is 12.1 Å². The molecule has 2 N–H and O–H groups in total. The average Bonchev–Trinajstić information content (AvgIpc) is 3.09. The monoisotopic (exact) mass is 430 g/mol. The van der Waals surface area contributed by atoms with E-state index < -0.39 is 9.84 Å². The van der Waals surface area contributed by atoms with Gasteiger partial charge in [-0.25, -0.2) is 18.4 Å². The van der Waals surface area contributed by atoms with Crippen LogP contribution in [0.25, 0.3) is 27.9 Å². The lowest BCUT2D eigenvalue weighted by atomic mass is 10.3. The molecule has 0 amide bonds. The van der Waals surface area contributed by atoms with Gasteiger partial charge in [0.05, 0.1) is 28.7 Å². The lowest BCUT2D eigenvalue weighted by molar-refractivity contribution is 0.414. The van der Waals surface area contributed by atoms with Crippen molar-refractivity contribution in [2.45, 2.75) is 9.79 Å².